The number of nitrogen functional groups attached to an aromatic ring is 1. The van der Waals surface area contributed by atoms with Crippen LogP contribution in [0.2, 0.25) is 0 Å². The Morgan fingerprint density at radius 1 is 1.05 bits per heavy atom. The molecular weight excluding hydrogens is 293 g/mol. The van der Waals surface area contributed by atoms with Crippen LogP contribution in [0, 0.1) is 5.82 Å². The predicted octanol–water partition coefficient (Wildman–Crippen LogP) is 4.30. The van der Waals surface area contributed by atoms with Crippen molar-refractivity contribution in [3.63, 3.8) is 0 Å². The van der Waals surface area contributed by atoms with Gasteiger partial charge in [-0.05, 0) is 42.5 Å². The van der Waals surface area contributed by atoms with Gasteiger partial charge in [0, 0.05) is 27.0 Å². The number of hydrogen-bond acceptors (Lipinski definition) is 4. The van der Waals surface area contributed by atoms with Crippen molar-refractivity contribution in [1.29, 1.82) is 0 Å². The Labute approximate surface area is 126 Å². The van der Waals surface area contributed by atoms with Gasteiger partial charge in [-0.15, -0.1) is 23.5 Å². The molecule has 0 aliphatic carbocycles. The average molecular weight is 309 g/mol. The lowest BCUT2D eigenvalue weighted by atomic mass is 10.3. The van der Waals surface area contributed by atoms with Crippen molar-refractivity contribution in [3.8, 4) is 5.75 Å². The van der Waals surface area contributed by atoms with E-state index in [0.717, 1.165) is 32.7 Å². The smallest absolute Gasteiger partial charge is 0.123 e. The van der Waals surface area contributed by atoms with Crippen LogP contribution in [0.4, 0.5) is 10.1 Å². The maximum absolute atomic E-state index is 12.8. The number of thioether (sulfide) groups is 2. The van der Waals surface area contributed by atoms with Gasteiger partial charge in [0.05, 0.1) is 7.11 Å². The third-order valence-electron chi connectivity index (χ3n) is 2.64. The summed E-state index contributed by atoms with van der Waals surface area (Å²) in [6.45, 7) is 0. The number of nitrogens with two attached hydrogens (primary N) is 1. The molecule has 0 unspecified atom stereocenters. The van der Waals surface area contributed by atoms with Gasteiger partial charge in [0.1, 0.15) is 11.6 Å². The molecule has 0 saturated heterocycles. The molecule has 0 bridgehead atoms. The van der Waals surface area contributed by atoms with Gasteiger partial charge in [0.25, 0.3) is 0 Å². The summed E-state index contributed by atoms with van der Waals surface area (Å²) in [7, 11) is 1.64. The van der Waals surface area contributed by atoms with Crippen LogP contribution in [0.25, 0.3) is 0 Å². The van der Waals surface area contributed by atoms with Crippen LogP contribution in [-0.4, -0.2) is 18.6 Å². The van der Waals surface area contributed by atoms with Gasteiger partial charge in [0.2, 0.25) is 0 Å². The number of halogens is 1. The highest BCUT2D eigenvalue weighted by atomic mass is 32.2. The van der Waals surface area contributed by atoms with E-state index in [1.54, 1.807) is 42.8 Å². The molecule has 2 N–H and O–H groups in total. The molecule has 0 aliphatic rings. The second-order valence-corrected chi connectivity index (χ2v) is 6.36. The van der Waals surface area contributed by atoms with Crippen LogP contribution in [-0.2, 0) is 0 Å². The summed E-state index contributed by atoms with van der Waals surface area (Å²) in [5.74, 6) is 2.48. The van der Waals surface area contributed by atoms with Crippen molar-refractivity contribution in [2.45, 2.75) is 9.79 Å². The van der Waals surface area contributed by atoms with Gasteiger partial charge in [-0.25, -0.2) is 4.39 Å². The molecule has 2 nitrogen and oxygen atoms in total. The Morgan fingerprint density at radius 3 is 2.45 bits per heavy atom. The lowest BCUT2D eigenvalue weighted by molar-refractivity contribution is 0.414. The number of rotatable bonds is 6. The molecule has 2 aromatic carbocycles. The van der Waals surface area contributed by atoms with Gasteiger partial charge < -0.3 is 10.5 Å². The fourth-order valence-corrected chi connectivity index (χ4v) is 3.49. The molecule has 0 aromatic heterocycles. The van der Waals surface area contributed by atoms with Crippen LogP contribution in [0.15, 0.2) is 52.3 Å². The number of hydrogen-bond donors (Lipinski definition) is 1. The summed E-state index contributed by atoms with van der Waals surface area (Å²) in [5, 5.41) is 0. The third-order valence-corrected chi connectivity index (χ3v) is 4.99. The Hall–Kier alpha value is -1.33. The first-order chi connectivity index (χ1) is 9.69. The normalized spacial score (nSPS) is 10.5. The molecule has 106 valence electrons. The van der Waals surface area contributed by atoms with Crippen LogP contribution < -0.4 is 10.5 Å². The molecule has 2 rings (SSSR count). The molecule has 2 aromatic rings. The van der Waals surface area contributed by atoms with E-state index in [-0.39, 0.29) is 5.82 Å². The van der Waals surface area contributed by atoms with Crippen molar-refractivity contribution in [2.24, 2.45) is 0 Å². The highest BCUT2D eigenvalue weighted by molar-refractivity contribution is 8.03. The Balaban J connectivity index is 1.82. The van der Waals surface area contributed by atoms with Crippen molar-refractivity contribution in [1.82, 2.24) is 0 Å². The molecule has 20 heavy (non-hydrogen) atoms. The number of ether oxygens (including phenoxy) is 1. The first-order valence-electron chi connectivity index (χ1n) is 6.14. The minimum atomic E-state index is -0.201. The minimum absolute atomic E-state index is 0.201. The molecule has 0 amide bonds. The Morgan fingerprint density at radius 2 is 1.75 bits per heavy atom. The number of anilines is 1. The topological polar surface area (TPSA) is 35.2 Å². The first kappa shape index (κ1) is 15.1. The monoisotopic (exact) mass is 309 g/mol. The summed E-state index contributed by atoms with van der Waals surface area (Å²) < 4.78 is 18.0. The fourth-order valence-electron chi connectivity index (χ4n) is 1.61. The molecule has 0 aliphatic heterocycles. The van der Waals surface area contributed by atoms with E-state index < -0.39 is 0 Å². The second-order valence-electron chi connectivity index (χ2n) is 4.05. The Bertz CT molecular complexity index is 560. The molecule has 0 heterocycles. The standard InChI is InChI=1S/C15H16FNOS2/c1-18-12-4-7-14(17)15(10-12)20-9-8-19-13-5-2-11(16)3-6-13/h2-7,10H,8-9,17H2,1H3. The zero-order chi connectivity index (χ0) is 14.4. The van der Waals surface area contributed by atoms with E-state index in [2.05, 4.69) is 0 Å². The van der Waals surface area contributed by atoms with Crippen molar-refractivity contribution in [3.05, 3.63) is 48.3 Å². The zero-order valence-corrected chi connectivity index (χ0v) is 12.8. The lowest BCUT2D eigenvalue weighted by Gasteiger charge is -2.07. The Kier molecular flexibility index (Phi) is 5.61. The molecular formula is C15H16FNOS2. The number of methoxy groups -OCH3 is 1. The number of benzene rings is 2. The molecule has 0 spiro atoms. The van der Waals surface area contributed by atoms with Gasteiger partial charge in [0.15, 0.2) is 0 Å². The zero-order valence-electron chi connectivity index (χ0n) is 11.1. The maximum Gasteiger partial charge on any atom is 0.123 e. The van der Waals surface area contributed by atoms with Gasteiger partial charge in [-0.2, -0.15) is 0 Å². The van der Waals surface area contributed by atoms with Gasteiger partial charge >= 0.3 is 0 Å². The second kappa shape index (κ2) is 7.45. The van der Waals surface area contributed by atoms with Crippen LogP contribution in [0.3, 0.4) is 0 Å². The molecule has 0 fully saturated rings. The average Bonchev–Trinajstić information content (AvgIpc) is 2.47. The highest BCUT2D eigenvalue weighted by Crippen LogP contribution is 2.30. The lowest BCUT2D eigenvalue weighted by Crippen LogP contribution is -1.92. The largest absolute Gasteiger partial charge is 0.497 e. The van der Waals surface area contributed by atoms with Crippen molar-refractivity contribution >= 4 is 29.2 Å². The molecule has 0 radical (unpaired) electrons. The minimum Gasteiger partial charge on any atom is -0.497 e. The summed E-state index contributed by atoms with van der Waals surface area (Å²) in [5.41, 5.74) is 6.70. The van der Waals surface area contributed by atoms with Crippen LogP contribution in [0.5, 0.6) is 5.75 Å². The fraction of sp³-hybridized carbons (Fsp3) is 0.200. The van der Waals surface area contributed by atoms with E-state index in [9.17, 15) is 4.39 Å². The highest BCUT2D eigenvalue weighted by Gasteiger charge is 2.03. The molecule has 0 atom stereocenters. The predicted molar refractivity (Wildman–Crippen MR) is 85.3 cm³/mol. The SMILES string of the molecule is COc1ccc(N)c(SCCSc2ccc(F)cc2)c1. The van der Waals surface area contributed by atoms with Gasteiger partial charge in [-0.1, -0.05) is 0 Å². The van der Waals surface area contributed by atoms with Crippen molar-refractivity contribution in [2.75, 3.05) is 24.3 Å². The van der Waals surface area contributed by atoms with E-state index in [1.807, 2.05) is 18.2 Å². The summed E-state index contributed by atoms with van der Waals surface area (Å²) in [6, 6.07) is 12.2. The quantitative estimate of drug-likeness (QED) is 0.490. The first-order valence-corrected chi connectivity index (χ1v) is 8.11. The van der Waals surface area contributed by atoms with E-state index in [4.69, 9.17) is 10.5 Å². The third kappa shape index (κ3) is 4.35. The van der Waals surface area contributed by atoms with Crippen LogP contribution >= 0.6 is 23.5 Å². The molecule has 5 heteroatoms. The molecule has 0 saturated carbocycles. The van der Waals surface area contributed by atoms with Crippen molar-refractivity contribution < 1.29 is 9.13 Å². The van der Waals surface area contributed by atoms with E-state index in [0.29, 0.717) is 0 Å². The summed E-state index contributed by atoms with van der Waals surface area (Å²) in [4.78, 5) is 2.11. The van der Waals surface area contributed by atoms with Crippen LogP contribution in [0.1, 0.15) is 0 Å². The summed E-state index contributed by atoms with van der Waals surface area (Å²) in [6.07, 6.45) is 0. The summed E-state index contributed by atoms with van der Waals surface area (Å²) >= 11 is 3.40. The van der Waals surface area contributed by atoms with E-state index >= 15 is 0 Å². The van der Waals surface area contributed by atoms with Gasteiger partial charge in [-0.3, -0.25) is 0 Å². The van der Waals surface area contributed by atoms with E-state index in [1.165, 1.54) is 12.1 Å². The maximum atomic E-state index is 12.8.